The van der Waals surface area contributed by atoms with Crippen LogP contribution < -0.4 is 15.5 Å². The van der Waals surface area contributed by atoms with Crippen LogP contribution in [0.2, 0.25) is 0 Å². The van der Waals surface area contributed by atoms with Crippen molar-refractivity contribution < 1.29 is 18.7 Å². The maximum absolute atomic E-state index is 12.0. The molecule has 1 amide bonds. The number of aryl methyl sites for hydroxylation is 1. The number of methoxy groups -OCH3 is 1. The fourth-order valence-corrected chi connectivity index (χ4v) is 5.00. The molecule has 1 aliphatic rings. The Kier molecular flexibility index (Phi) is 7.42. The number of hydrogen-bond donors (Lipinski definition) is 2. The summed E-state index contributed by atoms with van der Waals surface area (Å²) in [5.41, 5.74) is 4.67. The van der Waals surface area contributed by atoms with Gasteiger partial charge in [0.15, 0.2) is 5.11 Å². The monoisotopic (exact) mass is 540 g/mol. The minimum Gasteiger partial charge on any atom is -0.465 e. The largest absolute Gasteiger partial charge is 0.465 e. The van der Waals surface area contributed by atoms with Crippen molar-refractivity contribution in [1.29, 1.82) is 0 Å². The summed E-state index contributed by atoms with van der Waals surface area (Å²) in [7, 11) is 1.36. The maximum Gasteiger partial charge on any atom is 0.337 e. The van der Waals surface area contributed by atoms with Gasteiger partial charge in [0.05, 0.1) is 24.4 Å². The van der Waals surface area contributed by atoms with E-state index in [0.29, 0.717) is 28.6 Å². The summed E-state index contributed by atoms with van der Waals surface area (Å²) in [5, 5.41) is 6.91. The number of esters is 1. The highest BCUT2D eigenvalue weighted by Crippen LogP contribution is 2.43. The first-order valence-electron chi connectivity index (χ1n) is 12.6. The molecule has 0 spiro atoms. The summed E-state index contributed by atoms with van der Waals surface area (Å²) < 4.78 is 11.2. The molecule has 0 saturated carbocycles. The van der Waals surface area contributed by atoms with Crippen LogP contribution >= 0.6 is 12.2 Å². The molecular weight excluding hydrogens is 512 g/mol. The molecule has 8 nitrogen and oxygen atoms in total. The first kappa shape index (κ1) is 26.1. The number of thiocarbonyl (C=S) groups is 1. The quantitative estimate of drug-likeness (QED) is 0.219. The summed E-state index contributed by atoms with van der Waals surface area (Å²) >= 11 is 5.82. The van der Waals surface area contributed by atoms with E-state index < -0.39 is 5.97 Å². The van der Waals surface area contributed by atoms with Crippen LogP contribution in [0.4, 0.5) is 11.4 Å². The fraction of sp³-hybridized carbons (Fsp3) is 0.200. The number of benzene rings is 2. The molecule has 0 unspecified atom stereocenters. The van der Waals surface area contributed by atoms with Gasteiger partial charge in [0, 0.05) is 29.6 Å². The zero-order valence-corrected chi connectivity index (χ0v) is 22.6. The first-order valence-corrected chi connectivity index (χ1v) is 13.0. The van der Waals surface area contributed by atoms with Gasteiger partial charge in [-0.2, -0.15) is 0 Å². The summed E-state index contributed by atoms with van der Waals surface area (Å²) in [4.78, 5) is 30.4. The standard InChI is InChI=1S/C30H28N4O4S/c1-4-26(35)32-22-13-12-21(17-18(22)2)34-28(27(33-30(34)39)23-7-5-6-16-31-23)25-15-14-24(38-25)19-8-10-20(11-9-19)29(36)37-3/h5-17,27-28H,4H2,1-3H3,(H,32,35)(H,33,39)/t27-,28+/m1/s1. The molecule has 9 heteroatoms. The third-order valence-corrected chi connectivity index (χ3v) is 7.00. The second-order valence-corrected chi connectivity index (χ2v) is 9.56. The number of nitrogens with one attached hydrogen (secondary N) is 2. The van der Waals surface area contributed by atoms with Crippen molar-refractivity contribution in [2.24, 2.45) is 0 Å². The van der Waals surface area contributed by atoms with E-state index in [1.54, 1.807) is 18.3 Å². The number of anilines is 2. The van der Waals surface area contributed by atoms with Gasteiger partial charge in [0.2, 0.25) is 5.91 Å². The van der Waals surface area contributed by atoms with Crippen molar-refractivity contribution in [3.8, 4) is 11.3 Å². The fourth-order valence-electron chi connectivity index (χ4n) is 4.65. The van der Waals surface area contributed by atoms with Crippen LogP contribution in [0.3, 0.4) is 0 Å². The highest BCUT2D eigenvalue weighted by molar-refractivity contribution is 7.80. The summed E-state index contributed by atoms with van der Waals surface area (Å²) in [5.74, 6) is 0.926. The third-order valence-electron chi connectivity index (χ3n) is 6.69. The Morgan fingerprint density at radius 3 is 2.56 bits per heavy atom. The topological polar surface area (TPSA) is 96.7 Å². The Balaban J connectivity index is 1.53. The van der Waals surface area contributed by atoms with Gasteiger partial charge >= 0.3 is 5.97 Å². The van der Waals surface area contributed by atoms with Crippen LogP contribution in [0.15, 0.2) is 83.4 Å². The minimum atomic E-state index is -0.392. The maximum atomic E-state index is 12.0. The van der Waals surface area contributed by atoms with Crippen LogP contribution in [0.25, 0.3) is 11.3 Å². The number of rotatable bonds is 7. The van der Waals surface area contributed by atoms with Crippen LogP contribution in [0.5, 0.6) is 0 Å². The lowest BCUT2D eigenvalue weighted by Crippen LogP contribution is -2.29. The molecule has 0 radical (unpaired) electrons. The Labute approximate surface area is 232 Å². The molecule has 39 heavy (non-hydrogen) atoms. The minimum absolute atomic E-state index is 0.0416. The number of nitrogens with zero attached hydrogens (tertiary/aromatic N) is 2. The van der Waals surface area contributed by atoms with Crippen molar-refractivity contribution in [2.45, 2.75) is 32.4 Å². The van der Waals surface area contributed by atoms with Gasteiger partial charge in [0.1, 0.15) is 17.6 Å². The molecule has 5 rings (SSSR count). The molecule has 2 N–H and O–H groups in total. The van der Waals surface area contributed by atoms with Crippen molar-refractivity contribution in [3.05, 3.63) is 102 Å². The number of amides is 1. The van der Waals surface area contributed by atoms with Gasteiger partial charge in [-0.1, -0.05) is 25.1 Å². The Morgan fingerprint density at radius 2 is 1.90 bits per heavy atom. The van der Waals surface area contributed by atoms with Gasteiger partial charge in [-0.3, -0.25) is 9.78 Å². The second kappa shape index (κ2) is 11.1. The van der Waals surface area contributed by atoms with Crippen LogP contribution in [-0.2, 0) is 9.53 Å². The average Bonchev–Trinajstić information content (AvgIpc) is 3.59. The molecule has 2 aromatic heterocycles. The lowest BCUT2D eigenvalue weighted by molar-refractivity contribution is -0.115. The van der Waals surface area contributed by atoms with Crippen LogP contribution in [0, 0.1) is 6.92 Å². The highest BCUT2D eigenvalue weighted by atomic mass is 32.1. The average molecular weight is 541 g/mol. The van der Waals surface area contributed by atoms with Crippen molar-refractivity contribution in [1.82, 2.24) is 10.3 Å². The van der Waals surface area contributed by atoms with Crippen LogP contribution in [0.1, 0.15) is 52.8 Å². The van der Waals surface area contributed by atoms with Gasteiger partial charge in [-0.15, -0.1) is 0 Å². The van der Waals surface area contributed by atoms with Gasteiger partial charge in [0.25, 0.3) is 0 Å². The number of pyridine rings is 1. The molecule has 3 heterocycles. The molecular formula is C30H28N4O4S. The molecule has 0 bridgehead atoms. The number of ether oxygens (including phenoxy) is 1. The predicted molar refractivity (Wildman–Crippen MR) is 154 cm³/mol. The molecule has 1 saturated heterocycles. The Morgan fingerprint density at radius 1 is 1.10 bits per heavy atom. The molecule has 0 aliphatic carbocycles. The van der Waals surface area contributed by atoms with E-state index in [4.69, 9.17) is 21.4 Å². The summed E-state index contributed by atoms with van der Waals surface area (Å²) in [6.45, 7) is 3.77. The van der Waals surface area contributed by atoms with E-state index in [2.05, 4.69) is 15.6 Å². The van der Waals surface area contributed by atoms with E-state index in [-0.39, 0.29) is 18.0 Å². The van der Waals surface area contributed by atoms with Crippen LogP contribution in [-0.4, -0.2) is 29.1 Å². The van der Waals surface area contributed by atoms with Crippen molar-refractivity contribution >= 4 is 40.6 Å². The number of furan rings is 1. The van der Waals surface area contributed by atoms with Gasteiger partial charge in [-0.05, 0) is 79.3 Å². The number of hydrogen-bond acceptors (Lipinski definition) is 6. The van der Waals surface area contributed by atoms with E-state index >= 15 is 0 Å². The van der Waals surface area contributed by atoms with E-state index in [1.807, 2.05) is 79.4 Å². The second-order valence-electron chi connectivity index (χ2n) is 9.17. The highest BCUT2D eigenvalue weighted by Gasteiger charge is 2.42. The van der Waals surface area contributed by atoms with Gasteiger partial charge in [-0.25, -0.2) is 4.79 Å². The molecule has 2 atom stereocenters. The molecule has 198 valence electrons. The molecule has 1 fully saturated rings. The smallest absolute Gasteiger partial charge is 0.337 e. The van der Waals surface area contributed by atoms with E-state index in [9.17, 15) is 9.59 Å². The SMILES string of the molecule is CCC(=O)Nc1ccc(N2C(=S)N[C@H](c3ccccn3)[C@@H]2c2ccc(-c3ccc(C(=O)OC)cc3)o2)cc1C. The van der Waals surface area contributed by atoms with Crippen molar-refractivity contribution in [3.63, 3.8) is 0 Å². The molecule has 1 aliphatic heterocycles. The zero-order chi connectivity index (χ0) is 27.5. The summed E-state index contributed by atoms with van der Waals surface area (Å²) in [6, 6.07) is 21.9. The van der Waals surface area contributed by atoms with Crippen molar-refractivity contribution in [2.75, 3.05) is 17.3 Å². The lowest BCUT2D eigenvalue weighted by Gasteiger charge is -2.26. The van der Waals surface area contributed by atoms with E-state index in [1.165, 1.54) is 7.11 Å². The summed E-state index contributed by atoms with van der Waals surface area (Å²) in [6.07, 6.45) is 2.16. The van der Waals surface area contributed by atoms with E-state index in [0.717, 1.165) is 28.2 Å². The lowest BCUT2D eigenvalue weighted by atomic mass is 10.0. The normalized spacial score (nSPS) is 16.6. The van der Waals surface area contributed by atoms with Gasteiger partial charge < -0.3 is 24.7 Å². The zero-order valence-electron chi connectivity index (χ0n) is 21.8. The Bertz CT molecular complexity index is 1520. The molecule has 2 aromatic carbocycles. The number of carbonyl (C=O) groups is 2. The number of aromatic nitrogens is 1. The third kappa shape index (κ3) is 5.26. The number of carbonyl (C=O) groups excluding carboxylic acids is 2. The predicted octanol–water partition coefficient (Wildman–Crippen LogP) is 5.96. The first-order chi connectivity index (χ1) is 18.9. The molecule has 4 aromatic rings. The Hall–Kier alpha value is -4.50.